The van der Waals surface area contributed by atoms with Gasteiger partial charge in [0.2, 0.25) is 0 Å². The summed E-state index contributed by atoms with van der Waals surface area (Å²) in [5.41, 5.74) is 0.839. The highest BCUT2D eigenvalue weighted by atomic mass is 32.2. The Kier molecular flexibility index (Phi) is 9.24. The number of carboxylic acids is 1. The van der Waals surface area contributed by atoms with Crippen LogP contribution >= 0.6 is 0 Å². The summed E-state index contributed by atoms with van der Waals surface area (Å²) in [6.45, 7) is 3.04. The van der Waals surface area contributed by atoms with Gasteiger partial charge in [0.25, 0.3) is 0 Å². The number of nitrogens with zero attached hydrogens (tertiary/aromatic N) is 2. The van der Waals surface area contributed by atoms with E-state index in [1.54, 1.807) is 6.07 Å². The Bertz CT molecular complexity index is 1390. The van der Waals surface area contributed by atoms with E-state index < -0.39 is 55.8 Å². The largest absolute Gasteiger partial charge is 0.480 e. The van der Waals surface area contributed by atoms with Gasteiger partial charge < -0.3 is 10.0 Å². The molecular weight excluding hydrogens is 579 g/mol. The third-order valence-corrected chi connectivity index (χ3v) is 10.9. The van der Waals surface area contributed by atoms with Gasteiger partial charge in [0, 0.05) is 31.6 Å². The summed E-state index contributed by atoms with van der Waals surface area (Å²) in [7, 11) is -4.59. The zero-order valence-corrected chi connectivity index (χ0v) is 23.9. The van der Waals surface area contributed by atoms with Gasteiger partial charge in [-0.15, -0.1) is 0 Å². The van der Waals surface area contributed by atoms with E-state index in [0.717, 1.165) is 18.4 Å². The number of hydrogen-bond donors (Lipinski definition) is 1. The predicted molar refractivity (Wildman–Crippen MR) is 145 cm³/mol. The molecule has 6 nitrogen and oxygen atoms in total. The zero-order valence-electron chi connectivity index (χ0n) is 23.1. The van der Waals surface area contributed by atoms with E-state index in [9.17, 15) is 40.3 Å². The minimum absolute atomic E-state index is 0.0171. The predicted octanol–water partition coefficient (Wildman–Crippen LogP) is 5.23. The van der Waals surface area contributed by atoms with E-state index in [0.29, 0.717) is 57.9 Å². The Balaban J connectivity index is 1.21. The quantitative estimate of drug-likeness (QED) is 0.276. The molecule has 0 radical (unpaired) electrons. The number of benzene rings is 2. The van der Waals surface area contributed by atoms with Crippen molar-refractivity contribution in [2.75, 3.05) is 38.5 Å². The number of aliphatic carboxylic acids is 1. The van der Waals surface area contributed by atoms with E-state index in [1.165, 1.54) is 12.1 Å². The molecule has 2 aromatic carbocycles. The third-order valence-electron chi connectivity index (χ3n) is 9.10. The lowest BCUT2D eigenvalue weighted by Crippen LogP contribution is -2.42. The molecule has 2 aromatic rings. The van der Waals surface area contributed by atoms with Gasteiger partial charge in [0.15, 0.2) is 33.1 Å². The molecule has 3 fully saturated rings. The van der Waals surface area contributed by atoms with E-state index >= 15 is 0 Å². The maximum absolute atomic E-state index is 14.1. The van der Waals surface area contributed by atoms with Crippen LogP contribution in [0.3, 0.4) is 0 Å². The Morgan fingerprint density at radius 3 is 2.19 bits per heavy atom. The number of piperidine rings is 1. The highest BCUT2D eigenvalue weighted by molar-refractivity contribution is 7.91. The molecule has 230 valence electrons. The van der Waals surface area contributed by atoms with Crippen LogP contribution in [0.2, 0.25) is 0 Å². The van der Waals surface area contributed by atoms with Crippen molar-refractivity contribution in [1.82, 2.24) is 9.80 Å². The van der Waals surface area contributed by atoms with E-state index in [2.05, 4.69) is 4.90 Å². The maximum atomic E-state index is 14.1. The minimum Gasteiger partial charge on any atom is -0.480 e. The van der Waals surface area contributed by atoms with Crippen LogP contribution in [0.15, 0.2) is 35.2 Å². The monoisotopic (exact) mass is 614 g/mol. The van der Waals surface area contributed by atoms with Crippen LogP contribution in [0.4, 0.5) is 22.0 Å². The second kappa shape index (κ2) is 12.6. The maximum Gasteiger partial charge on any atom is 0.320 e. The van der Waals surface area contributed by atoms with Crippen molar-refractivity contribution in [2.24, 2.45) is 17.8 Å². The Labute approximate surface area is 242 Å². The van der Waals surface area contributed by atoms with Gasteiger partial charge in [-0.2, -0.15) is 0 Å². The van der Waals surface area contributed by atoms with E-state index in [1.807, 2.05) is 11.0 Å². The first-order chi connectivity index (χ1) is 19.9. The van der Waals surface area contributed by atoms with Crippen molar-refractivity contribution in [2.45, 2.75) is 55.4 Å². The smallest absolute Gasteiger partial charge is 0.320 e. The summed E-state index contributed by atoms with van der Waals surface area (Å²) in [6.07, 6.45) is 4.05. The molecule has 0 bridgehead atoms. The number of sulfone groups is 1. The molecule has 12 heteroatoms. The van der Waals surface area contributed by atoms with Crippen molar-refractivity contribution in [3.63, 3.8) is 0 Å². The molecule has 3 aliphatic rings. The Morgan fingerprint density at radius 2 is 1.60 bits per heavy atom. The van der Waals surface area contributed by atoms with Crippen LogP contribution in [-0.2, 0) is 14.6 Å². The van der Waals surface area contributed by atoms with Gasteiger partial charge >= 0.3 is 5.97 Å². The molecule has 42 heavy (non-hydrogen) atoms. The van der Waals surface area contributed by atoms with Crippen LogP contribution in [0.5, 0.6) is 0 Å². The second-order valence-corrected chi connectivity index (χ2v) is 14.1. The standard InChI is InChI=1S/C30H35F5N2O4S/c31-22-3-1-2-20(13-22)23-17-37(26(30(38)39)12-19-4-5-19)16-21(23)15-36-9-6-18(7-10-36)8-11-42(40,41)29-27(34)24(32)14-25(33)28(29)35/h1-3,13-14,18-19,21,23,26H,4-12,15-17H2,(H,38,39). The van der Waals surface area contributed by atoms with Crippen LogP contribution in [0.1, 0.15) is 50.0 Å². The third kappa shape index (κ3) is 6.97. The van der Waals surface area contributed by atoms with Gasteiger partial charge in [-0.3, -0.25) is 9.69 Å². The topological polar surface area (TPSA) is 77.9 Å². The summed E-state index contributed by atoms with van der Waals surface area (Å²) in [5, 5.41) is 9.95. The van der Waals surface area contributed by atoms with Gasteiger partial charge in [-0.1, -0.05) is 25.0 Å². The summed E-state index contributed by atoms with van der Waals surface area (Å²) >= 11 is 0. The first-order valence-electron chi connectivity index (χ1n) is 14.4. The highest BCUT2D eigenvalue weighted by Crippen LogP contribution is 2.40. The van der Waals surface area contributed by atoms with Crippen LogP contribution < -0.4 is 0 Å². The molecule has 3 unspecified atom stereocenters. The summed E-state index contributed by atoms with van der Waals surface area (Å²) < 4.78 is 94.7. The average Bonchev–Trinajstić information content (AvgIpc) is 3.68. The number of likely N-dealkylation sites (tertiary alicyclic amines) is 2. The molecule has 1 aliphatic carbocycles. The van der Waals surface area contributed by atoms with Crippen molar-refractivity contribution in [3.8, 4) is 0 Å². The second-order valence-electron chi connectivity index (χ2n) is 12.1. The minimum atomic E-state index is -4.59. The van der Waals surface area contributed by atoms with Gasteiger partial charge in [0.05, 0.1) is 5.75 Å². The fourth-order valence-electron chi connectivity index (χ4n) is 6.57. The highest BCUT2D eigenvalue weighted by Gasteiger charge is 2.42. The SMILES string of the molecule is O=C(O)C(CC1CC1)N1CC(CN2CCC(CCS(=O)(=O)c3c(F)c(F)cc(F)c3F)CC2)C(c2cccc(F)c2)C1. The average molecular weight is 615 g/mol. The zero-order chi connectivity index (χ0) is 30.2. The lowest BCUT2D eigenvalue weighted by Gasteiger charge is -2.35. The van der Waals surface area contributed by atoms with Crippen molar-refractivity contribution in [3.05, 3.63) is 65.0 Å². The molecule has 2 saturated heterocycles. The van der Waals surface area contributed by atoms with Crippen LogP contribution in [0, 0.1) is 46.8 Å². The molecule has 2 aliphatic heterocycles. The number of carbonyl (C=O) groups is 1. The van der Waals surface area contributed by atoms with Gasteiger partial charge in [-0.05, 0) is 74.2 Å². The first kappa shape index (κ1) is 30.9. The van der Waals surface area contributed by atoms with Gasteiger partial charge in [0.1, 0.15) is 16.8 Å². The molecule has 1 N–H and O–H groups in total. The Hall–Kier alpha value is -2.57. The molecule has 1 saturated carbocycles. The molecule has 3 atom stereocenters. The molecular formula is C30H35F5N2O4S. The molecule has 2 heterocycles. The number of halogens is 5. The lowest BCUT2D eigenvalue weighted by atomic mass is 9.87. The lowest BCUT2D eigenvalue weighted by molar-refractivity contribution is -0.143. The Morgan fingerprint density at radius 1 is 0.929 bits per heavy atom. The fourth-order valence-corrected chi connectivity index (χ4v) is 8.16. The van der Waals surface area contributed by atoms with Crippen LogP contribution in [-0.4, -0.2) is 73.8 Å². The first-order valence-corrected chi connectivity index (χ1v) is 16.1. The summed E-state index contributed by atoms with van der Waals surface area (Å²) in [5.74, 6) is -8.75. The van der Waals surface area contributed by atoms with Crippen molar-refractivity contribution in [1.29, 1.82) is 0 Å². The van der Waals surface area contributed by atoms with E-state index in [-0.39, 0.29) is 36.1 Å². The number of hydrogen-bond acceptors (Lipinski definition) is 5. The normalized spacial score (nSPS) is 23.4. The number of carboxylic acid groups (broad SMARTS) is 1. The number of rotatable bonds is 11. The molecule has 5 rings (SSSR count). The van der Waals surface area contributed by atoms with Gasteiger partial charge in [-0.25, -0.2) is 30.4 Å². The molecule has 0 aromatic heterocycles. The summed E-state index contributed by atoms with van der Waals surface area (Å²) in [4.78, 5) is 14.8. The van der Waals surface area contributed by atoms with Crippen molar-refractivity contribution < 1.29 is 40.3 Å². The van der Waals surface area contributed by atoms with Crippen molar-refractivity contribution >= 4 is 15.8 Å². The molecule has 0 amide bonds. The molecule has 0 spiro atoms. The summed E-state index contributed by atoms with van der Waals surface area (Å²) in [6, 6.07) is 5.85. The van der Waals surface area contributed by atoms with E-state index in [4.69, 9.17) is 0 Å². The fraction of sp³-hybridized carbons (Fsp3) is 0.567. The van der Waals surface area contributed by atoms with Crippen LogP contribution in [0.25, 0.3) is 0 Å².